The molecule has 1 rings (SSSR count). The molecule has 0 spiro atoms. The maximum absolute atomic E-state index is 12.2. The number of nitrogens with zero attached hydrogens (tertiary/aromatic N) is 2. The molecule has 28 heavy (non-hydrogen) atoms. The Hall–Kier alpha value is -2.28. The van der Waals surface area contributed by atoms with Crippen LogP contribution >= 0.6 is 0 Å². The standard InChI is InChI=1S/C22H32N2O4/c1-4-5-6-9-13-16-27-19-20-18-21(24(2)23-20)22(25)28-17-14-11-8-7-10-12-15-26-3/h1,18H,5-9,11,13-17,19H2,2-3H3. The molecule has 0 fully saturated rings. The number of hydrogen-bond donors (Lipinski definition) is 0. The molecule has 0 saturated heterocycles. The maximum atomic E-state index is 12.2. The van der Waals surface area contributed by atoms with Crippen molar-refractivity contribution >= 4 is 5.97 Å². The number of rotatable bonds is 14. The lowest BCUT2D eigenvalue weighted by atomic mass is 10.2. The minimum absolute atomic E-state index is 0.351. The summed E-state index contributed by atoms with van der Waals surface area (Å²) in [5.74, 6) is 8.24. The molecule has 0 radical (unpaired) electrons. The van der Waals surface area contributed by atoms with Crippen molar-refractivity contribution < 1.29 is 19.0 Å². The van der Waals surface area contributed by atoms with Crippen LogP contribution in [0.4, 0.5) is 0 Å². The summed E-state index contributed by atoms with van der Waals surface area (Å²) in [4.78, 5) is 12.2. The number of carbonyl (C=O) groups is 1. The summed E-state index contributed by atoms with van der Waals surface area (Å²) in [6.45, 7) is 1.93. The molecule has 0 saturated carbocycles. The monoisotopic (exact) mass is 388 g/mol. The van der Waals surface area contributed by atoms with Crippen molar-refractivity contribution in [3.05, 3.63) is 17.5 Å². The Morgan fingerprint density at radius 2 is 1.86 bits per heavy atom. The molecule has 154 valence electrons. The van der Waals surface area contributed by atoms with E-state index >= 15 is 0 Å². The highest BCUT2D eigenvalue weighted by molar-refractivity contribution is 5.87. The van der Waals surface area contributed by atoms with E-state index in [1.54, 1.807) is 24.9 Å². The van der Waals surface area contributed by atoms with Crippen LogP contribution in [0.15, 0.2) is 6.07 Å². The highest BCUT2D eigenvalue weighted by Gasteiger charge is 2.14. The SMILES string of the molecule is C#CCCCCCOCc1cc(C(=O)OCCCCCC#CCOC)n(C)n1. The number of unbranched alkanes of at least 4 members (excludes halogenated alkanes) is 6. The fraction of sp³-hybridized carbons (Fsp3) is 0.636. The van der Waals surface area contributed by atoms with E-state index in [-0.39, 0.29) is 5.97 Å². The molecule has 0 aromatic carbocycles. The minimum Gasteiger partial charge on any atom is -0.461 e. The van der Waals surface area contributed by atoms with Gasteiger partial charge in [-0.1, -0.05) is 12.3 Å². The highest BCUT2D eigenvalue weighted by Crippen LogP contribution is 2.08. The summed E-state index contributed by atoms with van der Waals surface area (Å²) in [5.41, 5.74) is 1.17. The van der Waals surface area contributed by atoms with E-state index < -0.39 is 0 Å². The zero-order chi connectivity index (χ0) is 20.5. The Morgan fingerprint density at radius 1 is 1.11 bits per heavy atom. The number of terminal acetylenes is 1. The maximum Gasteiger partial charge on any atom is 0.356 e. The normalized spacial score (nSPS) is 10.2. The van der Waals surface area contributed by atoms with Crippen molar-refractivity contribution in [3.63, 3.8) is 0 Å². The summed E-state index contributed by atoms with van der Waals surface area (Å²) in [5, 5.41) is 4.31. The van der Waals surface area contributed by atoms with Gasteiger partial charge in [-0.2, -0.15) is 5.10 Å². The molecule has 6 heteroatoms. The molecule has 6 nitrogen and oxygen atoms in total. The molecule has 0 bridgehead atoms. The topological polar surface area (TPSA) is 62.6 Å². The molecule has 1 aromatic heterocycles. The van der Waals surface area contributed by atoms with Crippen LogP contribution in [0.5, 0.6) is 0 Å². The van der Waals surface area contributed by atoms with Gasteiger partial charge < -0.3 is 14.2 Å². The largest absolute Gasteiger partial charge is 0.461 e. The number of ether oxygens (including phenoxy) is 3. The van der Waals surface area contributed by atoms with Crippen LogP contribution in [-0.2, 0) is 27.9 Å². The first-order chi connectivity index (χ1) is 13.7. The van der Waals surface area contributed by atoms with Crippen LogP contribution in [0.25, 0.3) is 0 Å². The third-order valence-electron chi connectivity index (χ3n) is 4.02. The molecular formula is C22H32N2O4. The number of carbonyl (C=O) groups excluding carboxylic acids is 1. The number of aryl methyl sites for hydroxylation is 1. The Balaban J connectivity index is 2.18. The third kappa shape index (κ3) is 10.8. The van der Waals surface area contributed by atoms with E-state index in [2.05, 4.69) is 22.9 Å². The van der Waals surface area contributed by atoms with E-state index in [0.29, 0.717) is 32.1 Å². The van der Waals surface area contributed by atoms with Gasteiger partial charge in [0.2, 0.25) is 0 Å². The van der Waals surface area contributed by atoms with Crippen molar-refractivity contribution in [1.29, 1.82) is 0 Å². The van der Waals surface area contributed by atoms with Crippen LogP contribution in [0.3, 0.4) is 0 Å². The van der Waals surface area contributed by atoms with E-state index in [4.69, 9.17) is 20.6 Å². The van der Waals surface area contributed by atoms with Gasteiger partial charge in [0, 0.05) is 33.6 Å². The molecule has 1 heterocycles. The van der Waals surface area contributed by atoms with Crippen molar-refractivity contribution in [2.75, 3.05) is 26.9 Å². The molecular weight excluding hydrogens is 356 g/mol. The van der Waals surface area contributed by atoms with Gasteiger partial charge in [0.15, 0.2) is 0 Å². The summed E-state index contributed by atoms with van der Waals surface area (Å²) < 4.78 is 17.3. The first kappa shape index (κ1) is 23.8. The number of hydrogen-bond acceptors (Lipinski definition) is 5. The van der Waals surface area contributed by atoms with Crippen LogP contribution in [-0.4, -0.2) is 42.7 Å². The van der Waals surface area contributed by atoms with E-state index in [0.717, 1.165) is 57.1 Å². The summed E-state index contributed by atoms with van der Waals surface area (Å²) in [6, 6.07) is 1.73. The molecule has 0 N–H and O–H groups in total. The fourth-order valence-electron chi connectivity index (χ4n) is 2.52. The van der Waals surface area contributed by atoms with Crippen LogP contribution in [0, 0.1) is 24.2 Å². The predicted octanol–water partition coefficient (Wildman–Crippen LogP) is 3.50. The molecule has 0 aliphatic heterocycles. The Bertz CT molecular complexity index is 664. The smallest absolute Gasteiger partial charge is 0.356 e. The lowest BCUT2D eigenvalue weighted by Crippen LogP contribution is -2.11. The van der Waals surface area contributed by atoms with Crippen LogP contribution in [0.2, 0.25) is 0 Å². The van der Waals surface area contributed by atoms with E-state index in [1.165, 1.54) is 0 Å². The average molecular weight is 389 g/mol. The third-order valence-corrected chi connectivity index (χ3v) is 4.02. The second-order valence-corrected chi connectivity index (χ2v) is 6.45. The lowest BCUT2D eigenvalue weighted by Gasteiger charge is -2.04. The lowest BCUT2D eigenvalue weighted by molar-refractivity contribution is 0.0485. The zero-order valence-electron chi connectivity index (χ0n) is 17.2. The summed E-state index contributed by atoms with van der Waals surface area (Å²) >= 11 is 0. The Kier molecular flexibility index (Phi) is 13.4. The average Bonchev–Trinajstić information content (AvgIpc) is 3.06. The van der Waals surface area contributed by atoms with Crippen LogP contribution < -0.4 is 0 Å². The van der Waals surface area contributed by atoms with Gasteiger partial charge in [-0.3, -0.25) is 4.68 Å². The number of methoxy groups -OCH3 is 1. The van der Waals surface area contributed by atoms with Crippen molar-refractivity contribution in [1.82, 2.24) is 9.78 Å². The first-order valence-electron chi connectivity index (χ1n) is 9.85. The second-order valence-electron chi connectivity index (χ2n) is 6.45. The zero-order valence-corrected chi connectivity index (χ0v) is 17.2. The van der Waals surface area contributed by atoms with Gasteiger partial charge in [-0.25, -0.2) is 4.79 Å². The second kappa shape index (κ2) is 15.7. The van der Waals surface area contributed by atoms with Gasteiger partial charge in [0.25, 0.3) is 0 Å². The van der Waals surface area contributed by atoms with Gasteiger partial charge in [-0.15, -0.1) is 18.3 Å². The molecule has 0 aliphatic rings. The predicted molar refractivity (Wildman–Crippen MR) is 109 cm³/mol. The van der Waals surface area contributed by atoms with Gasteiger partial charge in [0.05, 0.1) is 18.9 Å². The highest BCUT2D eigenvalue weighted by atomic mass is 16.5. The van der Waals surface area contributed by atoms with Crippen molar-refractivity contribution in [2.24, 2.45) is 7.05 Å². The van der Waals surface area contributed by atoms with E-state index in [1.807, 2.05) is 0 Å². The molecule has 0 unspecified atom stereocenters. The Morgan fingerprint density at radius 3 is 2.61 bits per heavy atom. The van der Waals surface area contributed by atoms with Gasteiger partial charge in [-0.05, 0) is 38.2 Å². The summed E-state index contributed by atoms with van der Waals surface area (Å²) in [7, 11) is 3.37. The summed E-state index contributed by atoms with van der Waals surface area (Å²) in [6.07, 6.45) is 12.7. The van der Waals surface area contributed by atoms with Crippen LogP contribution in [0.1, 0.15) is 67.5 Å². The Labute approximate surface area is 168 Å². The molecule has 0 atom stereocenters. The first-order valence-corrected chi connectivity index (χ1v) is 9.85. The molecule has 1 aromatic rings. The van der Waals surface area contributed by atoms with Gasteiger partial charge in [0.1, 0.15) is 12.3 Å². The van der Waals surface area contributed by atoms with Gasteiger partial charge >= 0.3 is 5.97 Å². The van der Waals surface area contributed by atoms with Crippen molar-refractivity contribution in [2.45, 2.75) is 58.0 Å². The number of aromatic nitrogens is 2. The molecule has 0 amide bonds. The minimum atomic E-state index is -0.351. The molecule has 0 aliphatic carbocycles. The quantitative estimate of drug-likeness (QED) is 0.277. The van der Waals surface area contributed by atoms with Crippen molar-refractivity contribution in [3.8, 4) is 24.2 Å². The fourth-order valence-corrected chi connectivity index (χ4v) is 2.52. The number of esters is 1. The van der Waals surface area contributed by atoms with E-state index in [9.17, 15) is 4.79 Å².